The van der Waals surface area contributed by atoms with Crippen LogP contribution in [0.2, 0.25) is 0 Å². The van der Waals surface area contributed by atoms with Gasteiger partial charge in [-0.05, 0) is 44.2 Å². The lowest BCUT2D eigenvalue weighted by molar-refractivity contribution is -0.0113. The van der Waals surface area contributed by atoms with Crippen LogP contribution in [0.5, 0.6) is 0 Å². The molecular formula is C16H26N2O2. The lowest BCUT2D eigenvalue weighted by Gasteiger charge is -2.34. The fourth-order valence-corrected chi connectivity index (χ4v) is 2.69. The number of nitrogens with two attached hydrogens (primary N) is 1. The smallest absolute Gasteiger partial charge is 0.0994 e. The van der Waals surface area contributed by atoms with Crippen molar-refractivity contribution in [1.82, 2.24) is 5.43 Å². The van der Waals surface area contributed by atoms with Crippen molar-refractivity contribution in [2.75, 3.05) is 13.7 Å². The highest BCUT2D eigenvalue weighted by Crippen LogP contribution is 2.32. The van der Waals surface area contributed by atoms with Crippen LogP contribution in [0.4, 0.5) is 0 Å². The molecule has 1 aromatic rings. The van der Waals surface area contributed by atoms with Crippen LogP contribution in [0.1, 0.15) is 43.9 Å². The molecule has 1 aliphatic heterocycles. The first-order valence-electron chi connectivity index (χ1n) is 7.28. The average Bonchev–Trinajstić information content (AvgIpc) is 2.48. The molecular weight excluding hydrogens is 252 g/mol. The molecule has 0 amide bonds. The van der Waals surface area contributed by atoms with Gasteiger partial charge in [0, 0.05) is 7.11 Å². The van der Waals surface area contributed by atoms with Crippen LogP contribution in [0.25, 0.3) is 0 Å². The normalized spacial score (nSPS) is 20.5. The lowest BCUT2D eigenvalue weighted by atomic mass is 9.89. The first kappa shape index (κ1) is 15.4. The van der Waals surface area contributed by atoms with Gasteiger partial charge < -0.3 is 9.47 Å². The van der Waals surface area contributed by atoms with E-state index in [2.05, 4.69) is 43.5 Å². The van der Waals surface area contributed by atoms with Crippen LogP contribution in [-0.2, 0) is 15.9 Å². The standard InChI is InChI=1S/C16H26N2O2/c1-16(2,19-3)10-8-14(18-17)15-13-7-5-4-6-12(13)9-11-20-15/h4-7,14-15,18H,8-11,17H2,1-3H3. The Morgan fingerprint density at radius 2 is 2.20 bits per heavy atom. The van der Waals surface area contributed by atoms with Crippen molar-refractivity contribution < 1.29 is 9.47 Å². The minimum absolute atomic E-state index is 0.0256. The second-order valence-electron chi connectivity index (χ2n) is 6.02. The van der Waals surface area contributed by atoms with Crippen LogP contribution in [-0.4, -0.2) is 25.4 Å². The van der Waals surface area contributed by atoms with Crippen LogP contribution >= 0.6 is 0 Å². The first-order chi connectivity index (χ1) is 9.57. The van der Waals surface area contributed by atoms with Crippen LogP contribution < -0.4 is 11.3 Å². The largest absolute Gasteiger partial charge is 0.379 e. The van der Waals surface area contributed by atoms with Crippen LogP contribution in [0, 0.1) is 0 Å². The zero-order valence-electron chi connectivity index (χ0n) is 12.7. The minimum Gasteiger partial charge on any atom is -0.379 e. The summed E-state index contributed by atoms with van der Waals surface area (Å²) in [4.78, 5) is 0. The molecule has 1 aromatic carbocycles. The van der Waals surface area contributed by atoms with E-state index in [1.807, 2.05) is 0 Å². The number of hydrogen-bond acceptors (Lipinski definition) is 4. The van der Waals surface area contributed by atoms with Gasteiger partial charge in [0.1, 0.15) is 0 Å². The monoisotopic (exact) mass is 278 g/mol. The Hall–Kier alpha value is -0.940. The van der Waals surface area contributed by atoms with Gasteiger partial charge in [0.25, 0.3) is 0 Å². The van der Waals surface area contributed by atoms with Crippen molar-refractivity contribution in [3.05, 3.63) is 35.4 Å². The van der Waals surface area contributed by atoms with E-state index >= 15 is 0 Å². The van der Waals surface area contributed by atoms with Gasteiger partial charge in [0.2, 0.25) is 0 Å². The second-order valence-corrected chi connectivity index (χ2v) is 6.02. The molecule has 4 heteroatoms. The molecule has 0 bridgehead atoms. The molecule has 0 fully saturated rings. The number of ether oxygens (including phenoxy) is 2. The SMILES string of the molecule is COC(C)(C)CCC(NN)C1OCCc2ccccc21. The van der Waals surface area contributed by atoms with Gasteiger partial charge in [-0.3, -0.25) is 11.3 Å². The van der Waals surface area contributed by atoms with Gasteiger partial charge >= 0.3 is 0 Å². The van der Waals surface area contributed by atoms with Crippen molar-refractivity contribution in [3.8, 4) is 0 Å². The Morgan fingerprint density at radius 3 is 2.90 bits per heavy atom. The summed E-state index contributed by atoms with van der Waals surface area (Å²) in [5.74, 6) is 5.76. The highest BCUT2D eigenvalue weighted by molar-refractivity contribution is 5.31. The first-order valence-corrected chi connectivity index (χ1v) is 7.28. The van der Waals surface area contributed by atoms with Crippen molar-refractivity contribution in [3.63, 3.8) is 0 Å². The van der Waals surface area contributed by atoms with Gasteiger partial charge in [-0.1, -0.05) is 24.3 Å². The summed E-state index contributed by atoms with van der Waals surface area (Å²) >= 11 is 0. The van der Waals surface area contributed by atoms with Crippen molar-refractivity contribution in [2.24, 2.45) is 5.84 Å². The summed E-state index contributed by atoms with van der Waals surface area (Å²) in [5, 5.41) is 0. The summed E-state index contributed by atoms with van der Waals surface area (Å²) in [6, 6.07) is 8.57. The van der Waals surface area contributed by atoms with E-state index in [0.29, 0.717) is 0 Å². The van der Waals surface area contributed by atoms with Crippen molar-refractivity contribution in [2.45, 2.75) is 50.9 Å². The lowest BCUT2D eigenvalue weighted by Crippen LogP contribution is -2.43. The quantitative estimate of drug-likeness (QED) is 0.619. The van der Waals surface area contributed by atoms with E-state index in [-0.39, 0.29) is 17.7 Å². The van der Waals surface area contributed by atoms with Crippen molar-refractivity contribution in [1.29, 1.82) is 0 Å². The number of rotatable bonds is 6. The molecule has 0 radical (unpaired) electrons. The number of fused-ring (bicyclic) bond motifs is 1. The predicted octanol–water partition coefficient (Wildman–Crippen LogP) is 2.34. The highest BCUT2D eigenvalue weighted by atomic mass is 16.5. The molecule has 112 valence electrons. The van der Waals surface area contributed by atoms with Gasteiger partial charge in [0.15, 0.2) is 0 Å². The molecule has 0 aliphatic carbocycles. The maximum atomic E-state index is 5.97. The third kappa shape index (κ3) is 3.58. The predicted molar refractivity (Wildman–Crippen MR) is 80.3 cm³/mol. The molecule has 1 heterocycles. The Bertz CT molecular complexity index is 434. The van der Waals surface area contributed by atoms with E-state index in [9.17, 15) is 0 Å². The number of hydrogen-bond donors (Lipinski definition) is 2. The molecule has 1 aliphatic rings. The average molecular weight is 278 g/mol. The Balaban J connectivity index is 2.09. The minimum atomic E-state index is -0.136. The summed E-state index contributed by atoms with van der Waals surface area (Å²) in [6.07, 6.45) is 2.85. The molecule has 3 N–H and O–H groups in total. The molecule has 4 nitrogen and oxygen atoms in total. The van der Waals surface area contributed by atoms with E-state index < -0.39 is 0 Å². The number of hydrazine groups is 1. The zero-order valence-corrected chi connectivity index (χ0v) is 12.7. The molecule has 2 rings (SSSR count). The fourth-order valence-electron chi connectivity index (χ4n) is 2.69. The van der Waals surface area contributed by atoms with Crippen LogP contribution in [0.3, 0.4) is 0 Å². The van der Waals surface area contributed by atoms with Crippen molar-refractivity contribution >= 4 is 0 Å². The Labute approximate surface area is 121 Å². The van der Waals surface area contributed by atoms with E-state index in [0.717, 1.165) is 25.9 Å². The van der Waals surface area contributed by atoms with Crippen LogP contribution in [0.15, 0.2) is 24.3 Å². The molecule has 0 saturated carbocycles. The summed E-state index contributed by atoms with van der Waals surface area (Å²) in [6.45, 7) is 4.94. The maximum absolute atomic E-state index is 5.97. The maximum Gasteiger partial charge on any atom is 0.0994 e. The third-order valence-electron chi connectivity index (χ3n) is 4.22. The van der Waals surface area contributed by atoms with Gasteiger partial charge in [-0.25, -0.2) is 0 Å². The third-order valence-corrected chi connectivity index (χ3v) is 4.22. The molecule has 2 unspecified atom stereocenters. The number of benzene rings is 1. The van der Waals surface area contributed by atoms with E-state index in [1.165, 1.54) is 11.1 Å². The topological polar surface area (TPSA) is 56.5 Å². The number of nitrogens with one attached hydrogen (secondary N) is 1. The zero-order chi connectivity index (χ0) is 14.6. The summed E-state index contributed by atoms with van der Waals surface area (Å²) in [7, 11) is 1.75. The second kappa shape index (κ2) is 6.68. The molecule has 0 saturated heterocycles. The molecule has 2 atom stereocenters. The fraction of sp³-hybridized carbons (Fsp3) is 0.625. The number of methoxy groups -OCH3 is 1. The Kier molecular flexibility index (Phi) is 5.16. The summed E-state index contributed by atoms with van der Waals surface area (Å²) < 4.78 is 11.5. The van der Waals surface area contributed by atoms with Gasteiger partial charge in [0.05, 0.1) is 24.4 Å². The van der Waals surface area contributed by atoms with E-state index in [4.69, 9.17) is 15.3 Å². The molecule has 20 heavy (non-hydrogen) atoms. The molecule has 0 spiro atoms. The molecule has 0 aromatic heterocycles. The summed E-state index contributed by atoms with van der Waals surface area (Å²) in [5.41, 5.74) is 5.42. The van der Waals surface area contributed by atoms with Gasteiger partial charge in [-0.15, -0.1) is 0 Å². The Morgan fingerprint density at radius 1 is 1.45 bits per heavy atom. The highest BCUT2D eigenvalue weighted by Gasteiger charge is 2.29. The van der Waals surface area contributed by atoms with Gasteiger partial charge in [-0.2, -0.15) is 0 Å². The van der Waals surface area contributed by atoms with E-state index in [1.54, 1.807) is 7.11 Å².